The van der Waals surface area contributed by atoms with Crippen LogP contribution in [-0.2, 0) is 4.79 Å². The summed E-state index contributed by atoms with van der Waals surface area (Å²) < 4.78 is 22.9. The first-order valence-electron chi connectivity index (χ1n) is 10.5. The van der Waals surface area contributed by atoms with Crippen molar-refractivity contribution in [2.45, 2.75) is 0 Å². The number of thiocarbonyl (C=S) groups is 1. The number of rotatable bonds is 9. The highest BCUT2D eigenvalue weighted by atomic mass is 32.2. The summed E-state index contributed by atoms with van der Waals surface area (Å²) in [4.78, 5) is 15.0. The average molecular weight is 494 g/mol. The van der Waals surface area contributed by atoms with Crippen LogP contribution in [0.5, 0.6) is 23.0 Å². The number of nitrogens with zero attached hydrogens (tertiary/aromatic N) is 1. The third kappa shape index (κ3) is 5.35. The summed E-state index contributed by atoms with van der Waals surface area (Å²) >= 11 is 6.71. The molecule has 0 aromatic heterocycles. The van der Waals surface area contributed by atoms with Gasteiger partial charge in [-0.05, 0) is 48.0 Å². The maximum Gasteiger partial charge on any atom is 0.270 e. The van der Waals surface area contributed by atoms with Gasteiger partial charge in [-0.2, -0.15) is 0 Å². The Bertz CT molecular complexity index is 1210. The fourth-order valence-corrected chi connectivity index (χ4v) is 4.65. The van der Waals surface area contributed by atoms with Crippen LogP contribution >= 0.6 is 24.0 Å². The van der Waals surface area contributed by atoms with E-state index in [0.29, 0.717) is 45.4 Å². The first-order valence-corrected chi connectivity index (χ1v) is 11.7. The molecule has 8 heteroatoms. The highest BCUT2D eigenvalue weighted by Crippen LogP contribution is 2.37. The van der Waals surface area contributed by atoms with Gasteiger partial charge in [0.15, 0.2) is 27.3 Å². The SMILES string of the molecule is COc1ccccc1OCCOc1ccc(/C=C2\SC(=S)N(c3ccccc3)C2=O)cc1OC. The van der Waals surface area contributed by atoms with Crippen LogP contribution in [0.4, 0.5) is 5.69 Å². The van der Waals surface area contributed by atoms with Gasteiger partial charge < -0.3 is 18.9 Å². The van der Waals surface area contributed by atoms with Gasteiger partial charge in [0, 0.05) is 0 Å². The number of anilines is 1. The molecule has 0 bridgehead atoms. The molecule has 3 aromatic carbocycles. The first-order chi connectivity index (χ1) is 16.6. The maximum absolute atomic E-state index is 12.9. The van der Waals surface area contributed by atoms with Gasteiger partial charge in [0.1, 0.15) is 13.2 Å². The number of carbonyl (C=O) groups excluding carboxylic acids is 1. The lowest BCUT2D eigenvalue weighted by Crippen LogP contribution is -2.27. The van der Waals surface area contributed by atoms with E-state index >= 15 is 0 Å². The summed E-state index contributed by atoms with van der Waals surface area (Å²) in [6, 6.07) is 22.3. The Labute approximate surface area is 208 Å². The van der Waals surface area contributed by atoms with Crippen molar-refractivity contribution in [3.8, 4) is 23.0 Å². The van der Waals surface area contributed by atoms with E-state index in [1.54, 1.807) is 25.2 Å². The zero-order chi connectivity index (χ0) is 23.9. The average Bonchev–Trinajstić information content (AvgIpc) is 3.15. The molecular formula is C26H23NO5S2. The Hall–Kier alpha value is -3.49. The summed E-state index contributed by atoms with van der Waals surface area (Å²) in [5, 5.41) is 0. The molecule has 174 valence electrons. The highest BCUT2D eigenvalue weighted by Gasteiger charge is 2.33. The summed E-state index contributed by atoms with van der Waals surface area (Å²) in [6.45, 7) is 0.663. The lowest BCUT2D eigenvalue weighted by Gasteiger charge is -2.14. The summed E-state index contributed by atoms with van der Waals surface area (Å²) in [5.74, 6) is 2.32. The van der Waals surface area contributed by atoms with Crippen molar-refractivity contribution in [1.82, 2.24) is 0 Å². The monoisotopic (exact) mass is 493 g/mol. The fraction of sp³-hybridized carbons (Fsp3) is 0.154. The third-order valence-corrected chi connectivity index (χ3v) is 6.26. The van der Waals surface area contributed by atoms with Gasteiger partial charge in [-0.15, -0.1) is 0 Å². The molecule has 3 aromatic rings. The minimum absolute atomic E-state index is 0.144. The smallest absolute Gasteiger partial charge is 0.270 e. The van der Waals surface area contributed by atoms with Crippen LogP contribution in [0.15, 0.2) is 77.7 Å². The number of amides is 1. The molecule has 0 spiro atoms. The van der Waals surface area contributed by atoms with Crippen LogP contribution in [0.1, 0.15) is 5.56 Å². The van der Waals surface area contributed by atoms with E-state index in [1.165, 1.54) is 11.8 Å². The van der Waals surface area contributed by atoms with Gasteiger partial charge in [-0.1, -0.05) is 60.4 Å². The Kier molecular flexibility index (Phi) is 7.72. The second-order valence-electron chi connectivity index (χ2n) is 7.11. The molecule has 1 heterocycles. The van der Waals surface area contributed by atoms with Gasteiger partial charge in [0.25, 0.3) is 5.91 Å². The molecule has 1 aliphatic rings. The van der Waals surface area contributed by atoms with Crippen molar-refractivity contribution in [2.75, 3.05) is 32.3 Å². The molecule has 0 unspecified atom stereocenters. The van der Waals surface area contributed by atoms with E-state index in [1.807, 2.05) is 72.8 Å². The number of carbonyl (C=O) groups is 1. The molecule has 0 atom stereocenters. The Morgan fingerprint density at radius 2 is 1.44 bits per heavy atom. The van der Waals surface area contributed by atoms with Gasteiger partial charge in [0.05, 0.1) is 24.8 Å². The largest absolute Gasteiger partial charge is 0.493 e. The van der Waals surface area contributed by atoms with E-state index < -0.39 is 0 Å². The molecule has 0 saturated carbocycles. The first kappa shape index (κ1) is 23.7. The van der Waals surface area contributed by atoms with Crippen LogP contribution in [0, 0.1) is 0 Å². The number of methoxy groups -OCH3 is 2. The molecule has 1 aliphatic heterocycles. The van der Waals surface area contributed by atoms with Crippen molar-refractivity contribution in [3.63, 3.8) is 0 Å². The number of hydrogen-bond acceptors (Lipinski definition) is 7. The van der Waals surface area contributed by atoms with Crippen molar-refractivity contribution < 1.29 is 23.7 Å². The number of ether oxygens (including phenoxy) is 4. The molecule has 34 heavy (non-hydrogen) atoms. The quantitative estimate of drug-likeness (QED) is 0.219. The molecular weight excluding hydrogens is 470 g/mol. The molecule has 1 amide bonds. The van der Waals surface area contributed by atoms with Crippen LogP contribution < -0.4 is 23.8 Å². The van der Waals surface area contributed by atoms with Crippen LogP contribution in [0.2, 0.25) is 0 Å². The fourth-order valence-electron chi connectivity index (χ4n) is 3.35. The van der Waals surface area contributed by atoms with E-state index in [9.17, 15) is 4.79 Å². The summed E-state index contributed by atoms with van der Waals surface area (Å²) in [7, 11) is 3.18. The zero-order valence-corrected chi connectivity index (χ0v) is 20.4. The van der Waals surface area contributed by atoms with Crippen LogP contribution in [0.25, 0.3) is 6.08 Å². The Balaban J connectivity index is 1.41. The van der Waals surface area contributed by atoms with Crippen molar-refractivity contribution in [3.05, 3.63) is 83.3 Å². The van der Waals surface area contributed by atoms with E-state index in [-0.39, 0.29) is 5.91 Å². The highest BCUT2D eigenvalue weighted by molar-refractivity contribution is 8.27. The molecule has 0 aliphatic carbocycles. The van der Waals surface area contributed by atoms with Crippen molar-refractivity contribution in [1.29, 1.82) is 0 Å². The van der Waals surface area contributed by atoms with E-state index in [2.05, 4.69) is 0 Å². The number of benzene rings is 3. The molecule has 0 radical (unpaired) electrons. The number of hydrogen-bond donors (Lipinski definition) is 0. The molecule has 6 nitrogen and oxygen atoms in total. The molecule has 0 N–H and O–H groups in total. The standard InChI is InChI=1S/C26H23NO5S2/c1-29-20-10-6-7-11-21(20)31-14-15-32-22-13-12-18(16-23(22)30-2)17-24-25(28)27(26(33)34-24)19-8-4-3-5-9-19/h3-13,16-17H,14-15H2,1-2H3/b24-17-. The van der Waals surface area contributed by atoms with Crippen molar-refractivity contribution in [2.24, 2.45) is 0 Å². The van der Waals surface area contributed by atoms with Gasteiger partial charge in [0.2, 0.25) is 0 Å². The lowest BCUT2D eigenvalue weighted by atomic mass is 10.2. The van der Waals surface area contributed by atoms with Crippen LogP contribution in [-0.4, -0.2) is 37.7 Å². The molecule has 4 rings (SSSR count). The van der Waals surface area contributed by atoms with E-state index in [4.69, 9.17) is 31.2 Å². The zero-order valence-electron chi connectivity index (χ0n) is 18.7. The normalized spacial score (nSPS) is 14.4. The molecule has 1 saturated heterocycles. The summed E-state index contributed by atoms with van der Waals surface area (Å²) in [5.41, 5.74) is 1.56. The Morgan fingerprint density at radius 3 is 2.12 bits per heavy atom. The van der Waals surface area contributed by atoms with E-state index in [0.717, 1.165) is 11.3 Å². The van der Waals surface area contributed by atoms with Gasteiger partial charge >= 0.3 is 0 Å². The Morgan fingerprint density at radius 1 is 0.824 bits per heavy atom. The van der Waals surface area contributed by atoms with Crippen molar-refractivity contribution >= 4 is 46.0 Å². The number of thioether (sulfide) groups is 1. The number of para-hydroxylation sites is 3. The molecule has 1 fully saturated rings. The topological polar surface area (TPSA) is 57.2 Å². The predicted molar refractivity (Wildman–Crippen MR) is 139 cm³/mol. The van der Waals surface area contributed by atoms with Gasteiger partial charge in [-0.25, -0.2) is 0 Å². The minimum atomic E-state index is -0.144. The second-order valence-corrected chi connectivity index (χ2v) is 8.79. The second kappa shape index (κ2) is 11.1. The summed E-state index contributed by atoms with van der Waals surface area (Å²) in [6.07, 6.45) is 1.80. The third-order valence-electron chi connectivity index (χ3n) is 4.96. The lowest BCUT2D eigenvalue weighted by molar-refractivity contribution is -0.113. The minimum Gasteiger partial charge on any atom is -0.493 e. The van der Waals surface area contributed by atoms with Gasteiger partial charge in [-0.3, -0.25) is 9.69 Å². The maximum atomic E-state index is 12.9. The van der Waals surface area contributed by atoms with Crippen LogP contribution in [0.3, 0.4) is 0 Å². The predicted octanol–water partition coefficient (Wildman–Crippen LogP) is 5.57.